The molecule has 31 heavy (non-hydrogen) atoms. The molecule has 154 valence electrons. The fourth-order valence-corrected chi connectivity index (χ4v) is 3.63. The summed E-state index contributed by atoms with van der Waals surface area (Å²) < 4.78 is 5.46. The van der Waals surface area contributed by atoms with E-state index in [2.05, 4.69) is 46.4 Å². The monoisotopic (exact) mass is 412 g/mol. The van der Waals surface area contributed by atoms with Crippen molar-refractivity contribution in [1.29, 1.82) is 0 Å². The molecule has 0 atom stereocenters. The summed E-state index contributed by atoms with van der Waals surface area (Å²) >= 11 is 0. The van der Waals surface area contributed by atoms with E-state index in [9.17, 15) is 9.59 Å². The van der Waals surface area contributed by atoms with Crippen LogP contribution in [-0.4, -0.2) is 30.1 Å². The van der Waals surface area contributed by atoms with Crippen LogP contribution in [0.1, 0.15) is 33.0 Å². The molecule has 2 amide bonds. The first-order valence-corrected chi connectivity index (χ1v) is 9.71. The molecule has 0 aliphatic heterocycles. The number of pyridine rings is 1. The van der Waals surface area contributed by atoms with Gasteiger partial charge in [-0.1, -0.05) is 60.4 Å². The highest BCUT2D eigenvalue weighted by molar-refractivity contribution is 5.93. The first kappa shape index (κ1) is 20.1. The lowest BCUT2D eigenvalue weighted by Gasteiger charge is -2.14. The molecule has 1 heterocycles. The van der Waals surface area contributed by atoms with Crippen molar-refractivity contribution in [3.05, 3.63) is 89.2 Å². The van der Waals surface area contributed by atoms with Gasteiger partial charge in [0.15, 0.2) is 0 Å². The molecular weight excluding hydrogens is 392 g/mol. The largest absolute Gasteiger partial charge is 0.449 e. The highest BCUT2D eigenvalue weighted by Gasteiger charge is 2.28. The van der Waals surface area contributed by atoms with E-state index >= 15 is 0 Å². The van der Waals surface area contributed by atoms with Crippen LogP contribution in [0.5, 0.6) is 0 Å². The molecule has 1 aromatic heterocycles. The molecule has 1 aliphatic carbocycles. The second-order valence-corrected chi connectivity index (χ2v) is 6.92. The van der Waals surface area contributed by atoms with Gasteiger partial charge in [-0.25, -0.2) is 10.6 Å². The van der Waals surface area contributed by atoms with Crippen LogP contribution in [0.3, 0.4) is 0 Å². The average molecular weight is 412 g/mol. The summed E-state index contributed by atoms with van der Waals surface area (Å²) in [5.74, 6) is 10.3. The lowest BCUT2D eigenvalue weighted by Crippen LogP contribution is -2.30. The molecular formula is C24H20N4O3. The van der Waals surface area contributed by atoms with E-state index in [1.54, 1.807) is 6.07 Å². The summed E-state index contributed by atoms with van der Waals surface area (Å²) in [6.07, 6.45) is 2.38. The molecule has 0 saturated carbocycles. The van der Waals surface area contributed by atoms with Gasteiger partial charge in [-0.15, -0.1) is 0 Å². The first-order valence-electron chi connectivity index (χ1n) is 9.71. The van der Waals surface area contributed by atoms with E-state index in [4.69, 9.17) is 10.6 Å². The molecule has 0 bridgehead atoms. The predicted molar refractivity (Wildman–Crippen MR) is 116 cm³/mol. The normalized spacial score (nSPS) is 11.5. The van der Waals surface area contributed by atoms with Gasteiger partial charge in [0.25, 0.3) is 5.91 Å². The SMILES string of the molecule is NNC(=O)c1cncc(C#CCNC(=O)OCC2c3ccccc3-c3ccccc32)c1. The van der Waals surface area contributed by atoms with Gasteiger partial charge >= 0.3 is 6.09 Å². The Bertz CT molecular complexity index is 1150. The van der Waals surface area contributed by atoms with Crippen LogP contribution in [-0.2, 0) is 4.74 Å². The van der Waals surface area contributed by atoms with Gasteiger partial charge in [0.05, 0.1) is 12.1 Å². The number of fused-ring (bicyclic) bond motifs is 3. The molecule has 4 rings (SSSR count). The molecule has 0 radical (unpaired) electrons. The van der Waals surface area contributed by atoms with Crippen molar-refractivity contribution >= 4 is 12.0 Å². The molecule has 0 fully saturated rings. The van der Waals surface area contributed by atoms with Gasteiger partial charge < -0.3 is 10.1 Å². The van der Waals surface area contributed by atoms with Crippen LogP contribution in [0.15, 0.2) is 67.0 Å². The van der Waals surface area contributed by atoms with Crippen LogP contribution < -0.4 is 16.6 Å². The smallest absolute Gasteiger partial charge is 0.407 e. The van der Waals surface area contributed by atoms with Crippen molar-refractivity contribution in [3.63, 3.8) is 0 Å². The average Bonchev–Trinajstić information content (AvgIpc) is 3.14. The summed E-state index contributed by atoms with van der Waals surface area (Å²) in [4.78, 5) is 27.6. The summed E-state index contributed by atoms with van der Waals surface area (Å²) in [6.45, 7) is 0.345. The maximum Gasteiger partial charge on any atom is 0.407 e. The molecule has 0 saturated heterocycles. The molecule has 7 nitrogen and oxygen atoms in total. The second-order valence-electron chi connectivity index (χ2n) is 6.92. The number of aromatic nitrogens is 1. The van der Waals surface area contributed by atoms with Crippen molar-refractivity contribution in [1.82, 2.24) is 15.7 Å². The van der Waals surface area contributed by atoms with Gasteiger partial charge in [-0.2, -0.15) is 0 Å². The van der Waals surface area contributed by atoms with E-state index < -0.39 is 12.0 Å². The van der Waals surface area contributed by atoms with Crippen LogP contribution >= 0.6 is 0 Å². The second kappa shape index (κ2) is 9.11. The third kappa shape index (κ3) is 4.39. The van der Waals surface area contributed by atoms with Gasteiger partial charge in [0.1, 0.15) is 6.61 Å². The van der Waals surface area contributed by atoms with Crippen molar-refractivity contribution in [2.24, 2.45) is 5.84 Å². The molecule has 4 N–H and O–H groups in total. The number of carbonyl (C=O) groups excluding carboxylic acids is 2. The third-order valence-corrected chi connectivity index (χ3v) is 5.03. The standard InChI is InChI=1S/C24H20N4O3/c25-28-23(29)17-12-16(13-26-14-17)6-5-11-27-24(30)31-15-22-20-9-3-1-7-18(20)19-8-2-4-10-21(19)22/h1-4,7-10,12-14,22H,11,15,25H2,(H,27,30)(H,28,29). The topological polar surface area (TPSA) is 106 Å². The molecule has 2 aromatic carbocycles. The number of amides is 2. The van der Waals surface area contributed by atoms with Gasteiger partial charge in [-0.05, 0) is 28.3 Å². The third-order valence-electron chi connectivity index (χ3n) is 5.03. The molecule has 1 aliphatic rings. The number of nitrogens with two attached hydrogens (primary N) is 1. The Hall–Kier alpha value is -4.15. The number of nitrogens with zero attached hydrogens (tertiary/aromatic N) is 1. The quantitative estimate of drug-likeness (QED) is 0.264. The van der Waals surface area contributed by atoms with E-state index in [1.165, 1.54) is 23.5 Å². The Morgan fingerprint density at radius 3 is 2.39 bits per heavy atom. The van der Waals surface area contributed by atoms with Crippen LogP contribution in [0.2, 0.25) is 0 Å². The molecule has 0 unspecified atom stereocenters. The maximum absolute atomic E-state index is 12.1. The van der Waals surface area contributed by atoms with E-state index in [0.29, 0.717) is 11.1 Å². The zero-order chi connectivity index (χ0) is 21.6. The van der Waals surface area contributed by atoms with Crippen LogP contribution in [0.4, 0.5) is 4.79 Å². The highest BCUT2D eigenvalue weighted by Crippen LogP contribution is 2.44. The summed E-state index contributed by atoms with van der Waals surface area (Å²) in [5.41, 5.74) is 7.55. The molecule has 7 heteroatoms. The molecule has 3 aromatic rings. The van der Waals surface area contributed by atoms with Gasteiger partial charge in [0.2, 0.25) is 0 Å². The minimum Gasteiger partial charge on any atom is -0.449 e. The van der Waals surface area contributed by atoms with Crippen molar-refractivity contribution < 1.29 is 14.3 Å². The number of ether oxygens (including phenoxy) is 1. The Morgan fingerprint density at radius 1 is 1.03 bits per heavy atom. The maximum atomic E-state index is 12.1. The Balaban J connectivity index is 1.33. The predicted octanol–water partition coefficient (Wildman–Crippen LogP) is 2.58. The highest BCUT2D eigenvalue weighted by atomic mass is 16.5. The summed E-state index contributed by atoms with van der Waals surface area (Å²) in [6, 6.07) is 17.9. The van der Waals surface area contributed by atoms with Crippen LogP contribution in [0.25, 0.3) is 11.1 Å². The number of nitrogens with one attached hydrogen (secondary N) is 2. The Labute approximate surface area is 179 Å². The summed E-state index contributed by atoms with van der Waals surface area (Å²) in [5, 5.41) is 2.62. The first-order chi connectivity index (χ1) is 15.2. The van der Waals surface area contributed by atoms with E-state index in [-0.39, 0.29) is 19.1 Å². The van der Waals surface area contributed by atoms with E-state index in [1.807, 2.05) is 29.7 Å². The minimum absolute atomic E-state index is 0.00624. The number of hydrazine groups is 1. The van der Waals surface area contributed by atoms with Gasteiger partial charge in [-0.3, -0.25) is 15.2 Å². The fourth-order valence-electron chi connectivity index (χ4n) is 3.63. The number of benzene rings is 2. The zero-order valence-electron chi connectivity index (χ0n) is 16.6. The van der Waals surface area contributed by atoms with Gasteiger partial charge in [0, 0.05) is 23.9 Å². The minimum atomic E-state index is -0.537. The van der Waals surface area contributed by atoms with Crippen molar-refractivity contribution in [3.8, 4) is 23.0 Å². The number of carbonyl (C=O) groups is 2. The van der Waals surface area contributed by atoms with Crippen molar-refractivity contribution in [2.45, 2.75) is 5.92 Å². The number of hydrogen-bond acceptors (Lipinski definition) is 5. The fraction of sp³-hybridized carbons (Fsp3) is 0.125. The number of nitrogen functional groups attached to an aromatic ring is 1. The number of rotatable bonds is 4. The zero-order valence-corrected chi connectivity index (χ0v) is 16.6. The lowest BCUT2D eigenvalue weighted by atomic mass is 9.98. The number of hydrogen-bond donors (Lipinski definition) is 3. The van der Waals surface area contributed by atoms with Crippen LogP contribution in [0, 0.1) is 11.8 Å². The summed E-state index contributed by atoms with van der Waals surface area (Å²) in [7, 11) is 0. The molecule has 0 spiro atoms. The van der Waals surface area contributed by atoms with Crippen molar-refractivity contribution in [2.75, 3.05) is 13.2 Å². The number of alkyl carbamates (subject to hydrolysis) is 1. The lowest BCUT2D eigenvalue weighted by molar-refractivity contribution is 0.0953. The van der Waals surface area contributed by atoms with E-state index in [0.717, 1.165) is 11.1 Å². The Morgan fingerprint density at radius 2 is 1.71 bits per heavy atom. The Kier molecular flexibility index (Phi) is 5.92.